The molecule has 7 heteroatoms. The molecule has 1 rings (SSSR count). The van der Waals surface area contributed by atoms with Gasteiger partial charge in [0.15, 0.2) is 0 Å². The molecule has 0 amide bonds. The lowest BCUT2D eigenvalue weighted by molar-refractivity contribution is -0.138. The summed E-state index contributed by atoms with van der Waals surface area (Å²) in [6.07, 6.45) is 1.00. The van der Waals surface area contributed by atoms with Gasteiger partial charge in [0.25, 0.3) is 0 Å². The van der Waals surface area contributed by atoms with Gasteiger partial charge in [0.2, 0.25) is 0 Å². The van der Waals surface area contributed by atoms with Crippen molar-refractivity contribution in [2.24, 2.45) is 0 Å². The zero-order valence-corrected chi connectivity index (χ0v) is 13.5. The highest BCUT2D eigenvalue weighted by Gasteiger charge is 2.15. The molecule has 0 bridgehead atoms. The third kappa shape index (κ3) is 4.25. The van der Waals surface area contributed by atoms with Crippen molar-refractivity contribution >= 4 is 45.2 Å². The number of carbonyl (C=O) groups excluding carboxylic acids is 2. The van der Waals surface area contributed by atoms with Gasteiger partial charge in [0.1, 0.15) is 5.70 Å². The van der Waals surface area contributed by atoms with Crippen molar-refractivity contribution in [1.82, 2.24) is 0 Å². The smallest absolute Gasteiger partial charge is 0.354 e. The van der Waals surface area contributed by atoms with Crippen LogP contribution in [0.4, 0.5) is 5.69 Å². The quantitative estimate of drug-likeness (QED) is 0.659. The Labute approximate surface area is 130 Å². The van der Waals surface area contributed by atoms with Crippen LogP contribution in [0.2, 0.25) is 5.02 Å². The molecular weight excluding hydrogens is 350 g/mol. The molecule has 0 radical (unpaired) electrons. The Morgan fingerprint density at radius 2 is 1.95 bits per heavy atom. The fourth-order valence-corrected chi connectivity index (χ4v) is 2.45. The van der Waals surface area contributed by atoms with E-state index in [-0.39, 0.29) is 5.70 Å². The first kappa shape index (κ1) is 16.5. The molecule has 0 spiro atoms. The fourth-order valence-electron chi connectivity index (χ4n) is 1.43. The molecule has 0 unspecified atom stereocenters. The summed E-state index contributed by atoms with van der Waals surface area (Å²) < 4.78 is 9.90. The van der Waals surface area contributed by atoms with Crippen molar-refractivity contribution in [3.63, 3.8) is 0 Å². The second kappa shape index (κ2) is 7.31. The van der Waals surface area contributed by atoms with Crippen molar-refractivity contribution in [2.45, 2.75) is 6.92 Å². The van der Waals surface area contributed by atoms with E-state index in [1.165, 1.54) is 14.2 Å². The standard InChI is InChI=1S/C13H13BrClNO4/c1-7-4-8(14)5-9(15)12(7)16-10(13(18)20-3)6-11(17)19-2/h4-6,16H,1-3H3/b10-6+. The molecule has 108 valence electrons. The molecule has 0 aliphatic rings. The molecule has 0 fully saturated rings. The summed E-state index contributed by atoms with van der Waals surface area (Å²) in [5, 5.41) is 3.19. The van der Waals surface area contributed by atoms with Crippen LogP contribution in [0.3, 0.4) is 0 Å². The highest BCUT2D eigenvalue weighted by Crippen LogP contribution is 2.30. The summed E-state index contributed by atoms with van der Waals surface area (Å²) in [7, 11) is 2.43. The Bertz CT molecular complexity index is 548. The predicted molar refractivity (Wildman–Crippen MR) is 79.6 cm³/mol. The average Bonchev–Trinajstić information content (AvgIpc) is 2.40. The predicted octanol–water partition coefficient (Wildman–Crippen LogP) is 3.05. The number of nitrogens with one attached hydrogen (secondary N) is 1. The zero-order valence-electron chi connectivity index (χ0n) is 11.1. The molecule has 0 atom stereocenters. The lowest BCUT2D eigenvalue weighted by Crippen LogP contribution is -2.16. The number of rotatable bonds is 4. The van der Waals surface area contributed by atoms with E-state index in [1.54, 1.807) is 6.07 Å². The van der Waals surface area contributed by atoms with Crippen molar-refractivity contribution in [3.8, 4) is 0 Å². The van der Waals surface area contributed by atoms with Crippen LogP contribution in [0.15, 0.2) is 28.4 Å². The molecule has 0 aromatic heterocycles. The van der Waals surface area contributed by atoms with E-state index in [9.17, 15) is 9.59 Å². The van der Waals surface area contributed by atoms with E-state index >= 15 is 0 Å². The first-order valence-corrected chi connectivity index (χ1v) is 6.66. The van der Waals surface area contributed by atoms with E-state index in [0.717, 1.165) is 16.1 Å². The molecule has 1 N–H and O–H groups in total. The lowest BCUT2D eigenvalue weighted by atomic mass is 10.2. The van der Waals surface area contributed by atoms with Gasteiger partial charge in [-0.25, -0.2) is 9.59 Å². The Morgan fingerprint density at radius 3 is 2.45 bits per heavy atom. The number of anilines is 1. The highest BCUT2D eigenvalue weighted by atomic mass is 79.9. The van der Waals surface area contributed by atoms with E-state index < -0.39 is 11.9 Å². The minimum Gasteiger partial charge on any atom is -0.466 e. The van der Waals surface area contributed by atoms with Crippen LogP contribution in [0.5, 0.6) is 0 Å². The Hall–Kier alpha value is -1.53. The van der Waals surface area contributed by atoms with Gasteiger partial charge in [-0.3, -0.25) is 0 Å². The Morgan fingerprint density at radius 1 is 1.30 bits per heavy atom. The van der Waals surface area contributed by atoms with Crippen molar-refractivity contribution < 1.29 is 19.1 Å². The maximum absolute atomic E-state index is 11.6. The summed E-state index contributed by atoms with van der Waals surface area (Å²) in [5.41, 5.74) is 1.24. The van der Waals surface area contributed by atoms with Crippen LogP contribution >= 0.6 is 27.5 Å². The number of hydrogen-bond donors (Lipinski definition) is 1. The van der Waals surface area contributed by atoms with Crippen molar-refractivity contribution in [2.75, 3.05) is 19.5 Å². The molecule has 0 heterocycles. The summed E-state index contributed by atoms with van der Waals surface area (Å²) in [5.74, 6) is -1.38. The van der Waals surface area contributed by atoms with Gasteiger partial charge in [0.05, 0.1) is 31.0 Å². The molecule has 5 nitrogen and oxygen atoms in total. The molecule has 1 aromatic carbocycles. The number of carbonyl (C=O) groups is 2. The van der Waals surface area contributed by atoms with Crippen LogP contribution in [0.25, 0.3) is 0 Å². The monoisotopic (exact) mass is 361 g/mol. The molecular formula is C13H13BrClNO4. The van der Waals surface area contributed by atoms with Gasteiger partial charge in [-0.2, -0.15) is 0 Å². The average molecular weight is 363 g/mol. The topological polar surface area (TPSA) is 64.6 Å². The molecule has 1 aromatic rings. The third-order valence-corrected chi connectivity index (χ3v) is 3.14. The van der Waals surface area contributed by atoms with Gasteiger partial charge < -0.3 is 14.8 Å². The minimum absolute atomic E-state index is 0.0633. The second-order valence-electron chi connectivity index (χ2n) is 3.78. The summed E-state index contributed by atoms with van der Waals surface area (Å²) in [6, 6.07) is 3.49. The first-order valence-electron chi connectivity index (χ1n) is 5.49. The number of halogens is 2. The van der Waals surface area contributed by atoms with E-state index in [0.29, 0.717) is 10.7 Å². The van der Waals surface area contributed by atoms with Crippen LogP contribution in [0.1, 0.15) is 5.56 Å². The number of methoxy groups -OCH3 is 2. The SMILES string of the molecule is COC(=O)/C=C(/Nc1c(C)cc(Br)cc1Cl)C(=O)OC. The van der Waals surface area contributed by atoms with E-state index in [4.69, 9.17) is 11.6 Å². The summed E-state index contributed by atoms with van der Waals surface area (Å²) in [4.78, 5) is 22.9. The van der Waals surface area contributed by atoms with Crippen molar-refractivity contribution in [1.29, 1.82) is 0 Å². The molecule has 20 heavy (non-hydrogen) atoms. The van der Waals surface area contributed by atoms with Crippen molar-refractivity contribution in [3.05, 3.63) is 39.0 Å². The van der Waals surface area contributed by atoms with Gasteiger partial charge in [-0.15, -0.1) is 0 Å². The fraction of sp³-hybridized carbons (Fsp3) is 0.231. The van der Waals surface area contributed by atoms with E-state index in [1.807, 2.05) is 13.0 Å². The Balaban J connectivity index is 3.17. The van der Waals surface area contributed by atoms with Gasteiger partial charge in [0, 0.05) is 4.47 Å². The largest absolute Gasteiger partial charge is 0.466 e. The van der Waals surface area contributed by atoms with Gasteiger partial charge >= 0.3 is 11.9 Å². The van der Waals surface area contributed by atoms with Gasteiger partial charge in [-0.05, 0) is 24.6 Å². The second-order valence-corrected chi connectivity index (χ2v) is 5.10. The number of ether oxygens (including phenoxy) is 2. The summed E-state index contributed by atoms with van der Waals surface area (Å²) >= 11 is 9.42. The van der Waals surface area contributed by atoms with Crippen LogP contribution in [0, 0.1) is 6.92 Å². The summed E-state index contributed by atoms with van der Waals surface area (Å²) in [6.45, 7) is 1.81. The van der Waals surface area contributed by atoms with Gasteiger partial charge in [-0.1, -0.05) is 27.5 Å². The number of aryl methyl sites for hydroxylation is 1. The molecule has 0 saturated heterocycles. The molecule has 0 saturated carbocycles. The maximum Gasteiger partial charge on any atom is 0.354 e. The Kier molecular flexibility index (Phi) is 6.04. The third-order valence-electron chi connectivity index (χ3n) is 2.38. The minimum atomic E-state index is -0.700. The number of hydrogen-bond acceptors (Lipinski definition) is 5. The number of esters is 2. The van der Waals surface area contributed by atoms with Crippen LogP contribution < -0.4 is 5.32 Å². The van der Waals surface area contributed by atoms with Crippen LogP contribution in [-0.4, -0.2) is 26.2 Å². The highest BCUT2D eigenvalue weighted by molar-refractivity contribution is 9.10. The zero-order chi connectivity index (χ0) is 15.3. The normalized spacial score (nSPS) is 10.9. The van der Waals surface area contributed by atoms with Crippen LogP contribution in [-0.2, 0) is 19.1 Å². The maximum atomic E-state index is 11.6. The first-order chi connectivity index (χ1) is 9.38. The number of benzene rings is 1. The van der Waals surface area contributed by atoms with E-state index in [2.05, 4.69) is 30.7 Å². The molecule has 0 aliphatic heterocycles. The lowest BCUT2D eigenvalue weighted by Gasteiger charge is -2.13. The molecule has 0 aliphatic carbocycles.